The van der Waals surface area contributed by atoms with E-state index in [9.17, 15) is 19.2 Å². The number of thiazole rings is 1. The van der Waals surface area contributed by atoms with E-state index in [0.717, 1.165) is 74.6 Å². The van der Waals surface area contributed by atoms with Gasteiger partial charge in [-0.3, -0.25) is 24.1 Å². The molecular formula is C55H71FN8O8S4. The molecule has 16 nitrogen and oxygen atoms in total. The number of benzene rings is 2. The van der Waals surface area contributed by atoms with Gasteiger partial charge < -0.3 is 39.4 Å². The number of ether oxygens (including phenoxy) is 4. The summed E-state index contributed by atoms with van der Waals surface area (Å²) in [6, 6.07) is 9.77. The number of nitrogens with one attached hydrogen (secondary N) is 2. The fourth-order valence-corrected chi connectivity index (χ4v) is 12.6. The second-order valence-corrected chi connectivity index (χ2v) is 22.4. The van der Waals surface area contributed by atoms with Crippen LogP contribution in [-0.2, 0) is 23.8 Å². The van der Waals surface area contributed by atoms with Crippen LogP contribution in [0.25, 0.3) is 33.3 Å². The number of likely N-dealkylation sites (tertiary alicyclic amines) is 2. The summed E-state index contributed by atoms with van der Waals surface area (Å²) in [5.41, 5.74) is 6.66. The topological polar surface area (TPSA) is 178 Å². The highest BCUT2D eigenvalue weighted by Crippen LogP contribution is 2.49. The van der Waals surface area contributed by atoms with Crippen LogP contribution in [0, 0.1) is 17.7 Å². The Labute approximate surface area is 468 Å². The van der Waals surface area contributed by atoms with Gasteiger partial charge in [0.15, 0.2) is 0 Å². The highest BCUT2D eigenvalue weighted by molar-refractivity contribution is 7.59. The third-order valence-corrected chi connectivity index (χ3v) is 16.7. The monoisotopic (exact) mass is 1120 g/mol. The number of methoxy groups -OCH3 is 2. The van der Waals surface area contributed by atoms with Crippen LogP contribution in [0.5, 0.6) is 5.75 Å². The van der Waals surface area contributed by atoms with E-state index in [1.807, 2.05) is 62.0 Å². The lowest BCUT2D eigenvalue weighted by Crippen LogP contribution is -2.56. The number of aromatic nitrogens is 2. The normalized spacial score (nSPS) is 22.1. The van der Waals surface area contributed by atoms with Crippen molar-refractivity contribution < 1.29 is 42.5 Å². The van der Waals surface area contributed by atoms with Crippen molar-refractivity contribution in [3.63, 3.8) is 0 Å². The zero-order valence-corrected chi connectivity index (χ0v) is 48.1. The second kappa shape index (κ2) is 23.7. The summed E-state index contributed by atoms with van der Waals surface area (Å²) in [6.07, 6.45) is 8.99. The number of hydrogen-bond donors (Lipinski definition) is 2. The Balaban J connectivity index is 0.00000280. The molecule has 6 atom stereocenters. The Morgan fingerprint density at radius 3 is 2.05 bits per heavy atom. The number of nitrogens with zero attached hydrogens (tertiary/aromatic N) is 6. The highest BCUT2D eigenvalue weighted by atomic mass is 32.1. The lowest BCUT2D eigenvalue weighted by atomic mass is 9.82. The Kier molecular flexibility index (Phi) is 18.2. The molecule has 3 unspecified atom stereocenters. The first-order valence-corrected chi connectivity index (χ1v) is 26.4. The van der Waals surface area contributed by atoms with E-state index in [0.29, 0.717) is 68.0 Å². The van der Waals surface area contributed by atoms with E-state index in [-0.39, 0.29) is 82.1 Å². The van der Waals surface area contributed by atoms with Crippen molar-refractivity contribution in [1.82, 2.24) is 30.0 Å². The van der Waals surface area contributed by atoms with Crippen LogP contribution in [-0.4, -0.2) is 118 Å². The number of carbonyl (C=O) groups is 4. The molecule has 0 spiro atoms. The third kappa shape index (κ3) is 11.3. The molecule has 3 saturated heterocycles. The number of carbonyl (C=O) groups excluding carboxylic acids is 4. The van der Waals surface area contributed by atoms with Gasteiger partial charge in [-0.15, -0.1) is 11.3 Å². The van der Waals surface area contributed by atoms with Gasteiger partial charge in [-0.05, 0) is 117 Å². The van der Waals surface area contributed by atoms with Gasteiger partial charge in [-0.2, -0.15) is 40.5 Å². The van der Waals surface area contributed by atoms with Gasteiger partial charge in [-0.25, -0.2) is 19.0 Å². The SMILES string of the molecule is COC(=O)NC(C(=O)N1CCC[C@H]1C1=NC=C(c2ccc3c(c2)cc2n3C(c3cnc(C(C)C)s3)Oc3cc(C4=CN=C([C@@H]5CCCN5C(=O)[C@@H](NC(=O)OC)C(C)C)C4)cc(F)c3-2)C1)C1CCOC(C)(C)C1.S.S.S. The molecule has 4 amide bonds. The van der Waals surface area contributed by atoms with Crippen LogP contribution < -0.4 is 15.4 Å². The van der Waals surface area contributed by atoms with Crippen LogP contribution in [0.2, 0.25) is 0 Å². The number of halogens is 1. The maximum atomic E-state index is 17.0. The average Bonchev–Trinajstić information content (AvgIpc) is 4.23. The highest BCUT2D eigenvalue weighted by Gasteiger charge is 2.44. The van der Waals surface area contributed by atoms with Gasteiger partial charge in [0, 0.05) is 73.9 Å². The molecule has 10 rings (SSSR count). The van der Waals surface area contributed by atoms with Gasteiger partial charge in [0.05, 0.1) is 58.6 Å². The standard InChI is InChI=1S/C55H65FN8O8S.3H2S/c1-29(2)47(60-53(67)69-7)50(65)62-16-9-11-41(62)39-22-36(27-58-39)33-20-37(56)46-43-23-34-19-31(13-14-40(34)64(43)52(72-44(46)24-33)45-28-59-49(73-45)30(3)4)35-21-38(57-26-35)42-12-10-17-63(42)51(66)48(61-54(68)70-8)32-15-18-71-55(5,6)25-32;;;/h13-14,19-20,23-24,26-30,32,41-42,47-48,52H,9-12,15-18,21-22,25H2,1-8H3,(H,60,67)(H,61,68);3*1H2/t32?,41-,42-,47-,48?,52?;;;/m0.../s1. The molecule has 0 aliphatic carbocycles. The number of rotatable bonds is 12. The molecule has 21 heteroatoms. The van der Waals surface area contributed by atoms with E-state index in [2.05, 4.69) is 47.2 Å². The van der Waals surface area contributed by atoms with Crippen LogP contribution in [0.1, 0.15) is 126 Å². The summed E-state index contributed by atoms with van der Waals surface area (Å²) in [6.45, 7) is 13.6. The summed E-state index contributed by atoms with van der Waals surface area (Å²) in [4.78, 5) is 72.2. The minimum atomic E-state index is -0.749. The van der Waals surface area contributed by atoms with Gasteiger partial charge in [-0.1, -0.05) is 33.8 Å². The van der Waals surface area contributed by atoms with Crippen LogP contribution in [0.15, 0.2) is 65.0 Å². The molecule has 0 saturated carbocycles. The Bertz CT molecular complexity index is 3000. The summed E-state index contributed by atoms with van der Waals surface area (Å²) < 4.78 is 41.7. The summed E-state index contributed by atoms with van der Waals surface area (Å²) in [7, 11) is 2.59. The largest absolute Gasteiger partial charge is 0.464 e. The van der Waals surface area contributed by atoms with E-state index < -0.39 is 41.9 Å². The number of allylic oxidation sites excluding steroid dienone is 2. The summed E-state index contributed by atoms with van der Waals surface area (Å²) >= 11 is 1.58. The molecule has 2 aromatic heterocycles. The zero-order chi connectivity index (χ0) is 51.5. The molecule has 4 aromatic rings. The average molecular weight is 1120 g/mol. The fourth-order valence-electron chi connectivity index (χ4n) is 11.6. The fraction of sp³-hybridized carbons (Fsp3) is 0.509. The van der Waals surface area contributed by atoms with Gasteiger partial charge >= 0.3 is 12.2 Å². The van der Waals surface area contributed by atoms with Crippen molar-refractivity contribution in [3.05, 3.63) is 81.8 Å². The predicted molar refractivity (Wildman–Crippen MR) is 309 cm³/mol. The van der Waals surface area contributed by atoms with E-state index >= 15 is 4.39 Å². The van der Waals surface area contributed by atoms with Crippen molar-refractivity contribution in [2.24, 2.45) is 21.8 Å². The molecule has 6 aliphatic rings. The Morgan fingerprint density at radius 2 is 1.45 bits per heavy atom. The lowest BCUT2D eigenvalue weighted by Gasteiger charge is -2.40. The molecular weight excluding hydrogens is 1050 g/mol. The Morgan fingerprint density at radius 1 is 0.816 bits per heavy atom. The van der Waals surface area contributed by atoms with Gasteiger partial charge in [0.2, 0.25) is 18.0 Å². The number of alkyl carbamates (subject to hydrolysis) is 2. The maximum Gasteiger partial charge on any atom is 0.407 e. The zero-order valence-electron chi connectivity index (χ0n) is 44.3. The molecule has 6 aliphatic heterocycles. The van der Waals surface area contributed by atoms with Gasteiger partial charge in [0.1, 0.15) is 23.7 Å². The molecule has 2 N–H and O–H groups in total. The second-order valence-electron chi connectivity index (χ2n) is 21.3. The van der Waals surface area contributed by atoms with E-state index in [4.69, 9.17) is 33.9 Å². The molecule has 8 heterocycles. The van der Waals surface area contributed by atoms with Crippen molar-refractivity contribution >= 4 is 109 Å². The predicted octanol–water partition coefficient (Wildman–Crippen LogP) is 9.97. The van der Waals surface area contributed by atoms with Crippen molar-refractivity contribution in [2.75, 3.05) is 33.9 Å². The number of aliphatic imine (C=N–C) groups is 2. The molecule has 2 aromatic carbocycles. The molecule has 410 valence electrons. The maximum absolute atomic E-state index is 17.0. The first-order valence-electron chi connectivity index (χ1n) is 25.6. The third-order valence-electron chi connectivity index (χ3n) is 15.3. The van der Waals surface area contributed by atoms with Gasteiger partial charge in [0.25, 0.3) is 0 Å². The molecule has 0 bridgehead atoms. The number of amides is 4. The Hall–Kier alpha value is -5.35. The van der Waals surface area contributed by atoms with Crippen LogP contribution >= 0.6 is 51.8 Å². The van der Waals surface area contributed by atoms with Crippen molar-refractivity contribution in [3.8, 4) is 17.0 Å². The number of fused-ring (bicyclic) bond motifs is 5. The smallest absolute Gasteiger partial charge is 0.407 e. The molecule has 76 heavy (non-hydrogen) atoms. The summed E-state index contributed by atoms with van der Waals surface area (Å²) in [5, 5.41) is 7.47. The lowest BCUT2D eigenvalue weighted by molar-refractivity contribution is -0.138. The molecule has 3 fully saturated rings. The molecule has 0 radical (unpaired) electrons. The number of hydrogen-bond acceptors (Lipinski definition) is 12. The van der Waals surface area contributed by atoms with Crippen molar-refractivity contribution in [1.29, 1.82) is 0 Å². The quantitative estimate of drug-likeness (QED) is 0.140. The van der Waals surface area contributed by atoms with E-state index in [1.165, 1.54) is 14.2 Å². The van der Waals surface area contributed by atoms with Crippen molar-refractivity contribution in [2.45, 2.75) is 135 Å². The summed E-state index contributed by atoms with van der Waals surface area (Å²) in [5.74, 6) is -0.390. The van der Waals surface area contributed by atoms with Crippen LogP contribution in [0.3, 0.4) is 0 Å². The first-order chi connectivity index (χ1) is 35.0. The first kappa shape index (κ1) is 58.3. The van der Waals surface area contributed by atoms with E-state index in [1.54, 1.807) is 23.6 Å². The van der Waals surface area contributed by atoms with Crippen LogP contribution in [0.4, 0.5) is 14.0 Å². The minimum absolute atomic E-state index is 0. The minimum Gasteiger partial charge on any atom is -0.464 e.